The zero-order valence-electron chi connectivity index (χ0n) is 11.2. The molecule has 0 radical (unpaired) electrons. The van der Waals surface area contributed by atoms with Crippen molar-refractivity contribution in [3.63, 3.8) is 0 Å². The Morgan fingerprint density at radius 1 is 1.14 bits per heavy atom. The van der Waals surface area contributed by atoms with Crippen LogP contribution in [0.15, 0.2) is 42.7 Å². The van der Waals surface area contributed by atoms with E-state index in [9.17, 15) is 13.2 Å². The van der Waals surface area contributed by atoms with E-state index in [0.717, 1.165) is 12.1 Å². The van der Waals surface area contributed by atoms with Crippen molar-refractivity contribution in [3.05, 3.63) is 59.4 Å². The van der Waals surface area contributed by atoms with Gasteiger partial charge in [-0.3, -0.25) is 10.8 Å². The number of hydrazine groups is 1. The Labute approximate surface area is 119 Å². The number of nitrogens with one attached hydrogen (secondary N) is 1. The van der Waals surface area contributed by atoms with Gasteiger partial charge >= 0.3 is 6.18 Å². The summed E-state index contributed by atoms with van der Waals surface area (Å²) >= 11 is 0. The molecule has 1 atom stereocenters. The van der Waals surface area contributed by atoms with E-state index in [-0.39, 0.29) is 0 Å². The summed E-state index contributed by atoms with van der Waals surface area (Å²) < 4.78 is 42.7. The van der Waals surface area contributed by atoms with Crippen molar-refractivity contribution in [1.82, 2.24) is 10.4 Å². The van der Waals surface area contributed by atoms with Crippen LogP contribution in [0.2, 0.25) is 0 Å². The number of alkyl halides is 3. The third kappa shape index (κ3) is 3.50. The van der Waals surface area contributed by atoms with E-state index >= 15 is 0 Å². The number of halogens is 3. The van der Waals surface area contributed by atoms with Gasteiger partial charge in [0.25, 0.3) is 0 Å². The molecule has 1 unspecified atom stereocenters. The van der Waals surface area contributed by atoms with E-state index in [1.165, 1.54) is 25.4 Å². The van der Waals surface area contributed by atoms with Crippen molar-refractivity contribution >= 4 is 0 Å². The Kier molecular flexibility index (Phi) is 4.44. The van der Waals surface area contributed by atoms with Crippen LogP contribution < -0.4 is 16.0 Å². The van der Waals surface area contributed by atoms with Gasteiger partial charge in [0.2, 0.25) is 0 Å². The fourth-order valence-electron chi connectivity index (χ4n) is 1.95. The molecule has 4 nitrogen and oxygen atoms in total. The molecular weight excluding hydrogens is 283 g/mol. The molecule has 0 fully saturated rings. The SMILES string of the molecule is COc1cncc(C(NN)c2ccc(C(F)(F)F)cc2)c1. The van der Waals surface area contributed by atoms with Gasteiger partial charge in [0.1, 0.15) is 5.75 Å². The topological polar surface area (TPSA) is 60.2 Å². The predicted molar refractivity (Wildman–Crippen MR) is 71.4 cm³/mol. The summed E-state index contributed by atoms with van der Waals surface area (Å²) in [6, 6.07) is 6.05. The van der Waals surface area contributed by atoms with Crippen LogP contribution in [-0.4, -0.2) is 12.1 Å². The second-order valence-electron chi connectivity index (χ2n) is 4.38. The van der Waals surface area contributed by atoms with E-state index in [2.05, 4.69) is 10.4 Å². The van der Waals surface area contributed by atoms with Gasteiger partial charge in [-0.15, -0.1) is 0 Å². The van der Waals surface area contributed by atoms with E-state index in [4.69, 9.17) is 10.6 Å². The summed E-state index contributed by atoms with van der Waals surface area (Å²) in [6.07, 6.45) is -1.25. The molecule has 21 heavy (non-hydrogen) atoms. The lowest BCUT2D eigenvalue weighted by atomic mass is 9.99. The quantitative estimate of drug-likeness (QED) is 0.673. The minimum atomic E-state index is -4.36. The highest BCUT2D eigenvalue weighted by Gasteiger charge is 2.30. The Hall–Kier alpha value is -2.12. The van der Waals surface area contributed by atoms with Crippen LogP contribution in [0.5, 0.6) is 5.75 Å². The molecule has 112 valence electrons. The van der Waals surface area contributed by atoms with Crippen LogP contribution in [0, 0.1) is 0 Å². The second-order valence-corrected chi connectivity index (χ2v) is 4.38. The number of aromatic nitrogens is 1. The van der Waals surface area contributed by atoms with E-state index < -0.39 is 17.8 Å². The normalized spacial score (nSPS) is 13.0. The van der Waals surface area contributed by atoms with Crippen molar-refractivity contribution < 1.29 is 17.9 Å². The lowest BCUT2D eigenvalue weighted by molar-refractivity contribution is -0.137. The van der Waals surface area contributed by atoms with Crippen molar-refractivity contribution in [2.24, 2.45) is 5.84 Å². The van der Waals surface area contributed by atoms with Gasteiger partial charge in [0, 0.05) is 6.20 Å². The van der Waals surface area contributed by atoms with Crippen LogP contribution >= 0.6 is 0 Å². The zero-order valence-corrected chi connectivity index (χ0v) is 11.2. The minimum absolute atomic E-state index is 0.477. The largest absolute Gasteiger partial charge is 0.495 e. The fraction of sp³-hybridized carbons (Fsp3) is 0.214. The highest BCUT2D eigenvalue weighted by molar-refractivity contribution is 5.35. The molecule has 0 aliphatic rings. The Morgan fingerprint density at radius 2 is 1.81 bits per heavy atom. The van der Waals surface area contributed by atoms with Crippen LogP contribution in [0.1, 0.15) is 22.7 Å². The first-order valence-electron chi connectivity index (χ1n) is 6.08. The lowest BCUT2D eigenvalue weighted by Gasteiger charge is -2.18. The molecule has 0 saturated carbocycles. The highest BCUT2D eigenvalue weighted by atomic mass is 19.4. The van der Waals surface area contributed by atoms with Gasteiger partial charge in [-0.05, 0) is 29.3 Å². The van der Waals surface area contributed by atoms with Crippen molar-refractivity contribution in [2.75, 3.05) is 7.11 Å². The number of hydrogen-bond acceptors (Lipinski definition) is 4. The first-order chi connectivity index (χ1) is 9.95. The summed E-state index contributed by atoms with van der Waals surface area (Å²) in [5, 5.41) is 0. The van der Waals surface area contributed by atoms with E-state index in [0.29, 0.717) is 16.9 Å². The molecule has 0 aliphatic heterocycles. The summed E-state index contributed by atoms with van der Waals surface area (Å²) in [4.78, 5) is 4.01. The number of hydrogen-bond donors (Lipinski definition) is 2. The Bertz CT molecular complexity index is 599. The number of benzene rings is 1. The number of rotatable bonds is 4. The highest BCUT2D eigenvalue weighted by Crippen LogP contribution is 2.31. The molecule has 3 N–H and O–H groups in total. The summed E-state index contributed by atoms with van der Waals surface area (Å²) in [6.45, 7) is 0. The standard InChI is InChI=1S/C14H14F3N3O/c1-21-12-6-10(7-19-8-12)13(20-18)9-2-4-11(5-3-9)14(15,16)17/h2-8,13,20H,18H2,1H3. The molecule has 7 heteroatoms. The number of ether oxygens (including phenoxy) is 1. The molecular formula is C14H14F3N3O. The molecule has 0 spiro atoms. The van der Waals surface area contributed by atoms with Gasteiger partial charge in [0.15, 0.2) is 0 Å². The zero-order chi connectivity index (χ0) is 15.5. The van der Waals surface area contributed by atoms with Gasteiger partial charge in [-0.25, -0.2) is 5.43 Å². The summed E-state index contributed by atoms with van der Waals surface area (Å²) in [5.41, 5.74) is 3.15. The fourth-order valence-corrected chi connectivity index (χ4v) is 1.95. The van der Waals surface area contributed by atoms with Crippen molar-refractivity contribution in [3.8, 4) is 5.75 Å². The van der Waals surface area contributed by atoms with Crippen LogP contribution in [0.4, 0.5) is 13.2 Å². The average molecular weight is 297 g/mol. The first kappa shape index (κ1) is 15.3. The third-order valence-corrected chi connectivity index (χ3v) is 3.04. The second kappa shape index (κ2) is 6.11. The molecule has 0 saturated heterocycles. The molecule has 2 aromatic rings. The van der Waals surface area contributed by atoms with Crippen LogP contribution in [0.3, 0.4) is 0 Å². The van der Waals surface area contributed by atoms with Gasteiger partial charge < -0.3 is 4.74 Å². The molecule has 0 aliphatic carbocycles. The van der Waals surface area contributed by atoms with Crippen molar-refractivity contribution in [2.45, 2.75) is 12.2 Å². The Morgan fingerprint density at radius 3 is 2.33 bits per heavy atom. The summed E-state index contributed by atoms with van der Waals surface area (Å²) in [7, 11) is 1.50. The average Bonchev–Trinajstić information content (AvgIpc) is 2.48. The molecule has 1 aromatic heterocycles. The van der Waals surface area contributed by atoms with Gasteiger partial charge in [0.05, 0.1) is 24.9 Å². The number of nitrogens with zero attached hydrogens (tertiary/aromatic N) is 1. The summed E-state index contributed by atoms with van der Waals surface area (Å²) in [5.74, 6) is 6.05. The number of methoxy groups -OCH3 is 1. The smallest absolute Gasteiger partial charge is 0.416 e. The third-order valence-electron chi connectivity index (χ3n) is 3.04. The molecule has 0 amide bonds. The molecule has 1 heterocycles. The maximum atomic E-state index is 12.6. The maximum Gasteiger partial charge on any atom is 0.416 e. The molecule has 2 rings (SSSR count). The molecule has 1 aromatic carbocycles. The van der Waals surface area contributed by atoms with Crippen LogP contribution in [0.25, 0.3) is 0 Å². The molecule has 0 bridgehead atoms. The van der Waals surface area contributed by atoms with Crippen LogP contribution in [-0.2, 0) is 6.18 Å². The van der Waals surface area contributed by atoms with Gasteiger partial charge in [-0.1, -0.05) is 12.1 Å². The lowest BCUT2D eigenvalue weighted by Crippen LogP contribution is -2.29. The van der Waals surface area contributed by atoms with E-state index in [1.807, 2.05) is 0 Å². The monoisotopic (exact) mass is 297 g/mol. The van der Waals surface area contributed by atoms with E-state index in [1.54, 1.807) is 12.3 Å². The van der Waals surface area contributed by atoms with Gasteiger partial charge in [-0.2, -0.15) is 13.2 Å². The number of nitrogens with two attached hydrogens (primary N) is 1. The Balaban J connectivity index is 2.32. The maximum absolute atomic E-state index is 12.6. The minimum Gasteiger partial charge on any atom is -0.495 e. The first-order valence-corrected chi connectivity index (χ1v) is 6.08. The van der Waals surface area contributed by atoms with Crippen molar-refractivity contribution in [1.29, 1.82) is 0 Å². The predicted octanol–water partition coefficient (Wildman–Crippen LogP) is 2.66. The number of pyridine rings is 1.